The third kappa shape index (κ3) is 3.85. The molecule has 19 heavy (non-hydrogen) atoms. The van der Waals surface area contributed by atoms with E-state index in [9.17, 15) is 14.7 Å². The number of urea groups is 1. The number of rotatable bonds is 4. The normalized spacial score (nSPS) is 26.3. The van der Waals surface area contributed by atoms with Crippen LogP contribution in [0, 0.1) is 17.2 Å². The Morgan fingerprint density at radius 1 is 1.47 bits per heavy atom. The molecule has 1 fully saturated rings. The SMILES string of the molecule is CC1CCC(NC(=O)N(C)CCC#N)(C(=O)O)CC1. The Morgan fingerprint density at radius 2 is 2.05 bits per heavy atom. The number of carboxylic acid groups (broad SMARTS) is 1. The summed E-state index contributed by atoms with van der Waals surface area (Å²) in [4.78, 5) is 24.8. The third-order valence-corrected chi connectivity index (χ3v) is 3.79. The molecule has 2 amide bonds. The van der Waals surface area contributed by atoms with E-state index in [2.05, 4.69) is 12.2 Å². The molecule has 0 unspecified atom stereocenters. The molecule has 1 rings (SSSR count). The molecule has 0 aliphatic heterocycles. The quantitative estimate of drug-likeness (QED) is 0.808. The van der Waals surface area contributed by atoms with E-state index in [0.717, 1.165) is 12.8 Å². The predicted molar refractivity (Wildman–Crippen MR) is 69.4 cm³/mol. The summed E-state index contributed by atoms with van der Waals surface area (Å²) in [7, 11) is 1.56. The second kappa shape index (κ2) is 6.41. The van der Waals surface area contributed by atoms with Crippen LogP contribution in [0.2, 0.25) is 0 Å². The smallest absolute Gasteiger partial charge is 0.329 e. The number of carboxylic acids is 1. The van der Waals surface area contributed by atoms with Crippen molar-refractivity contribution >= 4 is 12.0 Å². The van der Waals surface area contributed by atoms with Crippen LogP contribution in [0.5, 0.6) is 0 Å². The Bertz CT molecular complexity index is 381. The van der Waals surface area contributed by atoms with Crippen LogP contribution in [0.1, 0.15) is 39.0 Å². The number of aliphatic carboxylic acids is 1. The minimum absolute atomic E-state index is 0.237. The fraction of sp³-hybridized carbons (Fsp3) is 0.769. The van der Waals surface area contributed by atoms with Crippen molar-refractivity contribution in [3.8, 4) is 6.07 Å². The van der Waals surface area contributed by atoms with Crippen molar-refractivity contribution < 1.29 is 14.7 Å². The standard InChI is InChI=1S/C13H21N3O3/c1-10-4-6-13(7-5-10,11(17)18)15-12(19)16(2)9-3-8-14/h10H,3-7,9H2,1-2H3,(H,15,19)(H,17,18). The van der Waals surface area contributed by atoms with E-state index in [1.165, 1.54) is 4.90 Å². The second-order valence-electron chi connectivity index (χ2n) is 5.33. The van der Waals surface area contributed by atoms with Crippen LogP contribution >= 0.6 is 0 Å². The zero-order valence-corrected chi connectivity index (χ0v) is 11.5. The van der Waals surface area contributed by atoms with Gasteiger partial charge in [-0.25, -0.2) is 9.59 Å². The van der Waals surface area contributed by atoms with Crippen LogP contribution in [0.25, 0.3) is 0 Å². The lowest BCUT2D eigenvalue weighted by molar-refractivity contribution is -0.146. The van der Waals surface area contributed by atoms with E-state index in [0.29, 0.717) is 25.3 Å². The molecule has 6 nitrogen and oxygen atoms in total. The molecule has 0 saturated heterocycles. The highest BCUT2D eigenvalue weighted by Gasteiger charge is 2.42. The lowest BCUT2D eigenvalue weighted by Crippen LogP contribution is -2.58. The predicted octanol–water partition coefficient (Wildman–Crippen LogP) is 1.57. The van der Waals surface area contributed by atoms with Crippen molar-refractivity contribution in [2.45, 2.75) is 44.6 Å². The molecule has 0 atom stereocenters. The number of hydrogen-bond donors (Lipinski definition) is 2. The molecular formula is C13H21N3O3. The molecule has 0 spiro atoms. The summed E-state index contributed by atoms with van der Waals surface area (Å²) in [6, 6.07) is 1.53. The highest BCUT2D eigenvalue weighted by atomic mass is 16.4. The Labute approximate surface area is 113 Å². The van der Waals surface area contributed by atoms with Gasteiger partial charge in [0, 0.05) is 13.6 Å². The Hall–Kier alpha value is -1.77. The summed E-state index contributed by atoms with van der Waals surface area (Å²) in [5.74, 6) is -0.470. The van der Waals surface area contributed by atoms with Gasteiger partial charge >= 0.3 is 12.0 Å². The summed E-state index contributed by atoms with van der Waals surface area (Å²) in [5, 5.41) is 20.5. The van der Waals surface area contributed by atoms with Gasteiger partial charge in [0.25, 0.3) is 0 Å². The maximum absolute atomic E-state index is 12.0. The monoisotopic (exact) mass is 267 g/mol. The van der Waals surface area contributed by atoms with Crippen molar-refractivity contribution in [3.63, 3.8) is 0 Å². The first-order chi connectivity index (χ1) is 8.91. The van der Waals surface area contributed by atoms with Crippen LogP contribution in [-0.4, -0.2) is 41.1 Å². The topological polar surface area (TPSA) is 93.4 Å². The fourth-order valence-electron chi connectivity index (χ4n) is 2.27. The van der Waals surface area contributed by atoms with Gasteiger partial charge in [-0.2, -0.15) is 5.26 Å². The summed E-state index contributed by atoms with van der Waals surface area (Å²) < 4.78 is 0. The fourth-order valence-corrected chi connectivity index (χ4v) is 2.27. The van der Waals surface area contributed by atoms with Crippen molar-refractivity contribution in [1.82, 2.24) is 10.2 Å². The average molecular weight is 267 g/mol. The number of amides is 2. The maximum Gasteiger partial charge on any atom is 0.329 e. The van der Waals surface area contributed by atoms with E-state index in [-0.39, 0.29) is 6.42 Å². The highest BCUT2D eigenvalue weighted by Crippen LogP contribution is 2.32. The lowest BCUT2D eigenvalue weighted by atomic mass is 9.77. The van der Waals surface area contributed by atoms with Gasteiger partial charge in [0.15, 0.2) is 0 Å². The molecule has 1 saturated carbocycles. The van der Waals surface area contributed by atoms with Gasteiger partial charge in [-0.15, -0.1) is 0 Å². The molecule has 0 bridgehead atoms. The van der Waals surface area contributed by atoms with Gasteiger partial charge in [-0.05, 0) is 31.6 Å². The summed E-state index contributed by atoms with van der Waals surface area (Å²) >= 11 is 0. The second-order valence-corrected chi connectivity index (χ2v) is 5.33. The van der Waals surface area contributed by atoms with Crippen LogP contribution in [0.3, 0.4) is 0 Å². The average Bonchev–Trinajstić information content (AvgIpc) is 2.38. The van der Waals surface area contributed by atoms with E-state index >= 15 is 0 Å². The molecular weight excluding hydrogens is 246 g/mol. The molecule has 6 heteroatoms. The Morgan fingerprint density at radius 3 is 2.53 bits per heavy atom. The number of nitrogens with one attached hydrogen (secondary N) is 1. The molecule has 0 heterocycles. The summed E-state index contributed by atoms with van der Waals surface area (Å²) in [6.45, 7) is 2.39. The van der Waals surface area contributed by atoms with Gasteiger partial charge in [0.05, 0.1) is 12.5 Å². The largest absolute Gasteiger partial charge is 0.480 e. The van der Waals surface area contributed by atoms with Crippen LogP contribution in [-0.2, 0) is 4.79 Å². The Balaban J connectivity index is 2.67. The van der Waals surface area contributed by atoms with Crippen molar-refractivity contribution in [2.75, 3.05) is 13.6 Å². The van der Waals surface area contributed by atoms with Gasteiger partial charge in [0.1, 0.15) is 5.54 Å². The molecule has 1 aliphatic rings. The number of carbonyl (C=O) groups excluding carboxylic acids is 1. The zero-order chi connectivity index (χ0) is 14.5. The molecule has 1 aliphatic carbocycles. The first kappa shape index (κ1) is 15.3. The molecule has 0 aromatic carbocycles. The minimum atomic E-state index is -1.15. The zero-order valence-electron chi connectivity index (χ0n) is 11.5. The first-order valence-corrected chi connectivity index (χ1v) is 6.55. The van der Waals surface area contributed by atoms with Gasteiger partial charge < -0.3 is 15.3 Å². The Kier molecular flexibility index (Phi) is 5.16. The van der Waals surface area contributed by atoms with Gasteiger partial charge in [0.2, 0.25) is 0 Å². The maximum atomic E-state index is 12.0. The van der Waals surface area contributed by atoms with Gasteiger partial charge in [-0.1, -0.05) is 6.92 Å². The van der Waals surface area contributed by atoms with Crippen LogP contribution in [0.15, 0.2) is 0 Å². The van der Waals surface area contributed by atoms with Crippen LogP contribution in [0.4, 0.5) is 4.79 Å². The van der Waals surface area contributed by atoms with Crippen LogP contribution < -0.4 is 5.32 Å². The number of nitriles is 1. The van der Waals surface area contributed by atoms with Gasteiger partial charge in [-0.3, -0.25) is 0 Å². The molecule has 106 valence electrons. The van der Waals surface area contributed by atoms with E-state index < -0.39 is 17.5 Å². The summed E-state index contributed by atoms with van der Waals surface area (Å²) in [5.41, 5.74) is -1.15. The van der Waals surface area contributed by atoms with Crippen molar-refractivity contribution in [3.05, 3.63) is 0 Å². The van der Waals surface area contributed by atoms with Crippen molar-refractivity contribution in [2.24, 2.45) is 5.92 Å². The molecule has 0 aromatic rings. The molecule has 0 radical (unpaired) electrons. The van der Waals surface area contributed by atoms with E-state index in [4.69, 9.17) is 5.26 Å². The number of carbonyl (C=O) groups is 2. The third-order valence-electron chi connectivity index (χ3n) is 3.79. The van der Waals surface area contributed by atoms with Crippen molar-refractivity contribution in [1.29, 1.82) is 5.26 Å². The highest BCUT2D eigenvalue weighted by molar-refractivity contribution is 5.86. The molecule has 0 aromatic heterocycles. The lowest BCUT2D eigenvalue weighted by Gasteiger charge is -2.37. The first-order valence-electron chi connectivity index (χ1n) is 6.55. The number of nitrogens with zero attached hydrogens (tertiary/aromatic N) is 2. The van der Waals surface area contributed by atoms with E-state index in [1.807, 2.05) is 6.07 Å². The minimum Gasteiger partial charge on any atom is -0.480 e. The molecule has 2 N–H and O–H groups in total. The van der Waals surface area contributed by atoms with E-state index in [1.54, 1.807) is 7.05 Å². The summed E-state index contributed by atoms with van der Waals surface area (Å²) in [6.07, 6.45) is 2.76. The number of hydrogen-bond acceptors (Lipinski definition) is 3.